The largest absolute Gasteiger partial charge is 0.243 e. The van der Waals surface area contributed by atoms with E-state index in [-0.39, 0.29) is 29.2 Å². The minimum Gasteiger partial charge on any atom is -0.207 e. The van der Waals surface area contributed by atoms with Crippen LogP contribution < -0.4 is 0 Å². The molecule has 1 saturated heterocycles. The molecule has 0 unspecified atom stereocenters. The fourth-order valence-corrected chi connectivity index (χ4v) is 9.36. The zero-order chi connectivity index (χ0) is 26.0. The molecule has 3 aromatic carbocycles. The summed E-state index contributed by atoms with van der Waals surface area (Å²) in [5.74, 6) is 0.258. The van der Waals surface area contributed by atoms with E-state index in [9.17, 15) is 8.42 Å². The Hall–Kier alpha value is -2.69. The van der Waals surface area contributed by atoms with Gasteiger partial charge < -0.3 is 0 Å². The van der Waals surface area contributed by atoms with E-state index in [1.54, 1.807) is 0 Å². The molecule has 0 bridgehead atoms. The lowest BCUT2D eigenvalue weighted by Gasteiger charge is -2.43. The van der Waals surface area contributed by atoms with Gasteiger partial charge in [0.1, 0.15) is 0 Å². The van der Waals surface area contributed by atoms with Gasteiger partial charge in [-0.25, -0.2) is 8.42 Å². The van der Waals surface area contributed by atoms with Gasteiger partial charge in [0.15, 0.2) is 0 Å². The quantitative estimate of drug-likeness (QED) is 0.385. The van der Waals surface area contributed by atoms with Crippen LogP contribution in [0.2, 0.25) is 0 Å². The van der Waals surface area contributed by atoms with Crippen LogP contribution in [0, 0.1) is 38.0 Å². The second kappa shape index (κ2) is 8.71. The van der Waals surface area contributed by atoms with E-state index in [0.29, 0.717) is 11.4 Å². The van der Waals surface area contributed by atoms with Gasteiger partial charge in [0, 0.05) is 24.4 Å². The summed E-state index contributed by atoms with van der Waals surface area (Å²) in [5.41, 5.74) is 7.18. The maximum atomic E-state index is 14.5. The molecule has 1 heterocycles. The standard InChI is InChI=1S/C32H37NO2S/c1-20-17-21(2)30(22(3)18-20)36(34,35)33-19-27-28(31(33)32(5,6)7)23(4)25-15-11-12-16-26(25)29(27)24-13-9-8-10-14-24/h8-18,27-29,31H,4,19H2,1-3,5-7H3/t27-,28+,29-,31+/m0/s1. The number of benzene rings is 3. The molecule has 4 heteroatoms. The molecule has 1 aliphatic heterocycles. The topological polar surface area (TPSA) is 37.4 Å². The van der Waals surface area contributed by atoms with Gasteiger partial charge in [-0.3, -0.25) is 0 Å². The monoisotopic (exact) mass is 499 g/mol. The van der Waals surface area contributed by atoms with Gasteiger partial charge in [-0.15, -0.1) is 0 Å². The first-order valence-electron chi connectivity index (χ1n) is 12.9. The second-order valence-corrected chi connectivity index (χ2v) is 13.6. The Morgan fingerprint density at radius 3 is 2.08 bits per heavy atom. The Morgan fingerprint density at radius 1 is 0.889 bits per heavy atom. The highest BCUT2D eigenvalue weighted by atomic mass is 32.2. The maximum absolute atomic E-state index is 14.5. The Morgan fingerprint density at radius 2 is 1.47 bits per heavy atom. The van der Waals surface area contributed by atoms with Gasteiger partial charge in [0.2, 0.25) is 10.0 Å². The Kier molecular flexibility index (Phi) is 6.04. The fourth-order valence-electron chi connectivity index (χ4n) is 7.08. The van der Waals surface area contributed by atoms with Crippen LogP contribution in [0.1, 0.15) is 60.1 Å². The normalized spacial score (nSPS) is 24.4. The van der Waals surface area contributed by atoms with E-state index in [4.69, 9.17) is 0 Å². The van der Waals surface area contributed by atoms with Crippen molar-refractivity contribution in [3.8, 4) is 0 Å². The summed E-state index contributed by atoms with van der Waals surface area (Å²) in [6.07, 6.45) is 0. The first-order valence-corrected chi connectivity index (χ1v) is 14.3. The van der Waals surface area contributed by atoms with Crippen molar-refractivity contribution in [3.63, 3.8) is 0 Å². The second-order valence-electron chi connectivity index (χ2n) is 11.8. The van der Waals surface area contributed by atoms with E-state index in [1.165, 1.54) is 16.7 Å². The summed E-state index contributed by atoms with van der Waals surface area (Å²) in [4.78, 5) is 0.459. The summed E-state index contributed by atoms with van der Waals surface area (Å²) in [7, 11) is -3.73. The van der Waals surface area contributed by atoms with E-state index in [0.717, 1.165) is 22.3 Å². The van der Waals surface area contributed by atoms with Crippen molar-refractivity contribution in [3.05, 3.63) is 107 Å². The van der Waals surface area contributed by atoms with Gasteiger partial charge in [0.05, 0.1) is 4.90 Å². The molecule has 188 valence electrons. The molecule has 3 nitrogen and oxygen atoms in total. The van der Waals surface area contributed by atoms with Gasteiger partial charge in [-0.2, -0.15) is 4.31 Å². The van der Waals surface area contributed by atoms with Crippen LogP contribution in [0.5, 0.6) is 0 Å². The Balaban J connectivity index is 1.73. The molecule has 36 heavy (non-hydrogen) atoms. The van der Waals surface area contributed by atoms with Crippen molar-refractivity contribution in [1.29, 1.82) is 0 Å². The third kappa shape index (κ3) is 3.86. The van der Waals surface area contributed by atoms with Gasteiger partial charge >= 0.3 is 0 Å². The number of aryl methyl sites for hydroxylation is 3. The molecule has 0 radical (unpaired) electrons. The smallest absolute Gasteiger partial charge is 0.207 e. The molecule has 5 rings (SSSR count). The van der Waals surface area contributed by atoms with Crippen molar-refractivity contribution in [1.82, 2.24) is 4.31 Å². The molecule has 3 aromatic rings. The molecule has 0 amide bonds. The summed E-state index contributed by atoms with van der Waals surface area (Å²) in [6, 6.07) is 22.9. The highest BCUT2D eigenvalue weighted by Gasteiger charge is 2.57. The zero-order valence-electron chi connectivity index (χ0n) is 22.2. The molecular weight excluding hydrogens is 462 g/mol. The molecule has 2 aliphatic rings. The summed E-state index contributed by atoms with van der Waals surface area (Å²) >= 11 is 0. The van der Waals surface area contributed by atoms with Crippen LogP contribution in [0.25, 0.3) is 5.57 Å². The zero-order valence-corrected chi connectivity index (χ0v) is 23.1. The van der Waals surface area contributed by atoms with Gasteiger partial charge in [0.25, 0.3) is 0 Å². The summed E-state index contributed by atoms with van der Waals surface area (Å²) in [6.45, 7) is 17.5. The number of sulfonamides is 1. The predicted molar refractivity (Wildman–Crippen MR) is 149 cm³/mol. The first-order chi connectivity index (χ1) is 16.9. The van der Waals surface area contributed by atoms with Crippen LogP contribution in [-0.2, 0) is 10.0 Å². The third-order valence-corrected chi connectivity index (χ3v) is 10.3. The van der Waals surface area contributed by atoms with Gasteiger partial charge in [-0.1, -0.05) is 99.6 Å². The molecule has 0 saturated carbocycles. The fraction of sp³-hybridized carbons (Fsp3) is 0.375. The minimum absolute atomic E-state index is 0.0333. The molecule has 1 aliphatic carbocycles. The molecular formula is C32H37NO2S. The van der Waals surface area contributed by atoms with Crippen LogP contribution in [0.4, 0.5) is 0 Å². The van der Waals surface area contributed by atoms with Crippen molar-refractivity contribution >= 4 is 15.6 Å². The van der Waals surface area contributed by atoms with Crippen LogP contribution in [0.15, 0.2) is 78.2 Å². The summed E-state index contributed by atoms with van der Waals surface area (Å²) < 4.78 is 30.8. The maximum Gasteiger partial charge on any atom is 0.243 e. The molecule has 0 aromatic heterocycles. The van der Waals surface area contributed by atoms with Gasteiger partial charge in [-0.05, 0) is 65.5 Å². The average Bonchev–Trinajstić information content (AvgIpc) is 3.21. The Bertz CT molecular complexity index is 1410. The minimum atomic E-state index is -3.73. The van der Waals surface area contributed by atoms with Crippen molar-refractivity contribution in [2.75, 3.05) is 6.54 Å². The van der Waals surface area contributed by atoms with E-state index < -0.39 is 10.0 Å². The van der Waals surface area contributed by atoms with Crippen LogP contribution in [0.3, 0.4) is 0 Å². The number of hydrogen-bond acceptors (Lipinski definition) is 2. The van der Waals surface area contributed by atoms with Crippen LogP contribution in [-0.4, -0.2) is 25.3 Å². The lowest BCUT2D eigenvalue weighted by atomic mass is 9.62. The summed E-state index contributed by atoms with van der Waals surface area (Å²) in [5, 5.41) is 0. The lowest BCUT2D eigenvalue weighted by molar-refractivity contribution is 0.190. The molecule has 4 atom stereocenters. The average molecular weight is 500 g/mol. The van der Waals surface area contributed by atoms with Crippen molar-refractivity contribution in [2.45, 2.75) is 58.4 Å². The van der Waals surface area contributed by atoms with Crippen molar-refractivity contribution < 1.29 is 8.42 Å². The number of nitrogens with zero attached hydrogens (tertiary/aromatic N) is 1. The van der Waals surface area contributed by atoms with E-state index >= 15 is 0 Å². The third-order valence-electron chi connectivity index (χ3n) is 8.19. The van der Waals surface area contributed by atoms with Crippen LogP contribution >= 0.6 is 0 Å². The number of rotatable bonds is 3. The number of hydrogen-bond donors (Lipinski definition) is 0. The SMILES string of the molecule is C=C1c2ccccc2[C@H](c2ccccc2)[C@H]2CN(S(=O)(=O)c3c(C)cc(C)cc3C)[C@@H](C(C)(C)C)[C@H]12. The highest BCUT2D eigenvalue weighted by Crippen LogP contribution is 2.57. The molecule has 0 spiro atoms. The van der Waals surface area contributed by atoms with E-state index in [2.05, 4.69) is 75.9 Å². The molecule has 0 N–H and O–H groups in total. The van der Waals surface area contributed by atoms with Crippen molar-refractivity contribution in [2.24, 2.45) is 17.3 Å². The predicted octanol–water partition coefficient (Wildman–Crippen LogP) is 7.12. The van der Waals surface area contributed by atoms with E-state index in [1.807, 2.05) is 43.3 Å². The Labute approximate surface area is 216 Å². The first kappa shape index (κ1) is 25.0. The lowest BCUT2D eigenvalue weighted by Crippen LogP contribution is -2.46. The molecule has 1 fully saturated rings. The number of fused-ring (bicyclic) bond motifs is 2. The highest BCUT2D eigenvalue weighted by molar-refractivity contribution is 7.89.